The first-order valence-corrected chi connectivity index (χ1v) is 9.30. The lowest BCUT2D eigenvalue weighted by atomic mass is 10.2. The molecule has 0 aliphatic carbocycles. The zero-order valence-electron chi connectivity index (χ0n) is 14.9. The molecule has 0 spiro atoms. The summed E-state index contributed by atoms with van der Waals surface area (Å²) in [6.45, 7) is 4.06. The SMILES string of the molecule is C/C(=C\Oc1ccccc1C)C(=Nc1ccccc1)Sc1ccccc1. The Balaban J connectivity index is 1.88. The van der Waals surface area contributed by atoms with Crippen molar-refractivity contribution in [3.05, 3.63) is 102 Å². The van der Waals surface area contributed by atoms with Gasteiger partial charge in [0.05, 0.1) is 11.9 Å². The van der Waals surface area contributed by atoms with Crippen molar-refractivity contribution >= 4 is 22.5 Å². The zero-order valence-corrected chi connectivity index (χ0v) is 15.7. The summed E-state index contributed by atoms with van der Waals surface area (Å²) in [6.07, 6.45) is 1.78. The molecule has 0 aliphatic rings. The minimum atomic E-state index is 0.857. The Labute approximate surface area is 159 Å². The lowest BCUT2D eigenvalue weighted by Crippen LogP contribution is -1.97. The van der Waals surface area contributed by atoms with E-state index in [1.807, 2.05) is 86.6 Å². The maximum absolute atomic E-state index is 5.90. The van der Waals surface area contributed by atoms with Crippen molar-refractivity contribution in [3.63, 3.8) is 0 Å². The van der Waals surface area contributed by atoms with Gasteiger partial charge in [0.15, 0.2) is 0 Å². The van der Waals surface area contributed by atoms with Gasteiger partial charge in [-0.2, -0.15) is 0 Å². The predicted octanol–water partition coefficient (Wildman–Crippen LogP) is 6.80. The molecule has 0 amide bonds. The van der Waals surface area contributed by atoms with Gasteiger partial charge >= 0.3 is 0 Å². The number of benzene rings is 3. The van der Waals surface area contributed by atoms with Crippen LogP contribution in [0, 0.1) is 6.92 Å². The van der Waals surface area contributed by atoms with Crippen molar-refractivity contribution in [1.29, 1.82) is 0 Å². The summed E-state index contributed by atoms with van der Waals surface area (Å²) in [5.74, 6) is 0.857. The number of thioether (sulfide) groups is 1. The smallest absolute Gasteiger partial charge is 0.129 e. The number of hydrogen-bond acceptors (Lipinski definition) is 3. The minimum absolute atomic E-state index is 0.857. The average Bonchev–Trinajstić information content (AvgIpc) is 2.68. The quantitative estimate of drug-likeness (QED) is 0.216. The molecule has 3 aromatic rings. The van der Waals surface area contributed by atoms with Crippen LogP contribution in [0.1, 0.15) is 12.5 Å². The Hall–Kier alpha value is -2.78. The normalized spacial score (nSPS) is 12.1. The third-order valence-electron chi connectivity index (χ3n) is 3.74. The molecule has 0 aromatic heterocycles. The van der Waals surface area contributed by atoms with Crippen molar-refractivity contribution in [3.8, 4) is 5.75 Å². The third kappa shape index (κ3) is 5.11. The first kappa shape index (κ1) is 18.0. The monoisotopic (exact) mass is 359 g/mol. The first-order chi connectivity index (χ1) is 12.7. The summed E-state index contributed by atoms with van der Waals surface area (Å²) in [5.41, 5.74) is 3.01. The highest BCUT2D eigenvalue weighted by molar-refractivity contribution is 8.14. The first-order valence-electron chi connectivity index (χ1n) is 8.48. The van der Waals surface area contributed by atoms with Crippen LogP contribution < -0.4 is 4.74 Å². The minimum Gasteiger partial charge on any atom is -0.464 e. The van der Waals surface area contributed by atoms with E-state index in [1.54, 1.807) is 18.0 Å². The van der Waals surface area contributed by atoms with E-state index in [4.69, 9.17) is 9.73 Å². The van der Waals surface area contributed by atoms with E-state index in [0.29, 0.717) is 0 Å². The van der Waals surface area contributed by atoms with Crippen molar-refractivity contribution < 1.29 is 4.74 Å². The second-order valence-corrected chi connectivity index (χ2v) is 6.91. The molecule has 3 rings (SSSR count). The number of nitrogens with zero attached hydrogens (tertiary/aromatic N) is 1. The van der Waals surface area contributed by atoms with Crippen LogP contribution in [0.15, 0.2) is 107 Å². The van der Waals surface area contributed by atoms with E-state index >= 15 is 0 Å². The van der Waals surface area contributed by atoms with E-state index < -0.39 is 0 Å². The van der Waals surface area contributed by atoms with Crippen molar-refractivity contribution in [2.75, 3.05) is 0 Å². The lowest BCUT2D eigenvalue weighted by molar-refractivity contribution is 0.474. The Bertz CT molecular complexity index is 902. The lowest BCUT2D eigenvalue weighted by Gasteiger charge is -2.09. The van der Waals surface area contributed by atoms with Gasteiger partial charge in [-0.25, -0.2) is 4.99 Å². The molecular formula is C23H21NOS. The van der Waals surface area contributed by atoms with Gasteiger partial charge in [-0.05, 0) is 49.7 Å². The van der Waals surface area contributed by atoms with Crippen LogP contribution in [0.3, 0.4) is 0 Å². The van der Waals surface area contributed by atoms with Gasteiger partial charge in [-0.1, -0.05) is 66.4 Å². The van der Waals surface area contributed by atoms with Gasteiger partial charge in [-0.3, -0.25) is 0 Å². The van der Waals surface area contributed by atoms with E-state index in [9.17, 15) is 0 Å². The zero-order chi connectivity index (χ0) is 18.2. The Morgan fingerprint density at radius 2 is 1.46 bits per heavy atom. The molecule has 0 heterocycles. The molecular weight excluding hydrogens is 338 g/mol. The van der Waals surface area contributed by atoms with Gasteiger partial charge < -0.3 is 4.74 Å². The van der Waals surface area contributed by atoms with Crippen LogP contribution in [0.2, 0.25) is 0 Å². The van der Waals surface area contributed by atoms with Gasteiger partial charge in [-0.15, -0.1) is 0 Å². The molecule has 0 atom stereocenters. The average molecular weight is 359 g/mol. The second kappa shape index (κ2) is 9.07. The van der Waals surface area contributed by atoms with Crippen LogP contribution in [0.25, 0.3) is 0 Å². The second-order valence-electron chi connectivity index (χ2n) is 5.85. The number of aryl methyl sites for hydroxylation is 1. The van der Waals surface area contributed by atoms with E-state index in [1.165, 1.54) is 0 Å². The number of rotatable bonds is 5. The highest BCUT2D eigenvalue weighted by Crippen LogP contribution is 2.27. The molecule has 0 aliphatic heterocycles. The van der Waals surface area contributed by atoms with E-state index in [2.05, 4.69) is 12.1 Å². The summed E-state index contributed by atoms with van der Waals surface area (Å²) >= 11 is 1.63. The fourth-order valence-corrected chi connectivity index (χ4v) is 3.18. The summed E-state index contributed by atoms with van der Waals surface area (Å²) < 4.78 is 5.90. The predicted molar refractivity (Wildman–Crippen MR) is 111 cm³/mol. The molecule has 0 unspecified atom stereocenters. The number of aliphatic imine (C=N–C) groups is 1. The standard InChI is InChI=1S/C23H21NOS/c1-18-11-9-10-16-22(18)25-17-19(2)23(24-20-12-5-3-6-13-20)26-21-14-7-4-8-15-21/h3-17H,1-2H3/b19-17+,24-23?. The maximum Gasteiger partial charge on any atom is 0.129 e. The fraction of sp³-hybridized carbons (Fsp3) is 0.0870. The highest BCUT2D eigenvalue weighted by Gasteiger charge is 2.07. The van der Waals surface area contributed by atoms with Crippen molar-refractivity contribution in [2.24, 2.45) is 4.99 Å². The Kier molecular flexibility index (Phi) is 6.29. The number of hydrogen-bond donors (Lipinski definition) is 0. The van der Waals surface area contributed by atoms with Crippen LogP contribution in [-0.2, 0) is 0 Å². The molecule has 0 fully saturated rings. The van der Waals surface area contributed by atoms with Crippen LogP contribution in [-0.4, -0.2) is 5.04 Å². The molecule has 0 radical (unpaired) electrons. The molecule has 0 saturated carbocycles. The van der Waals surface area contributed by atoms with Crippen LogP contribution in [0.5, 0.6) is 5.75 Å². The summed E-state index contributed by atoms with van der Waals surface area (Å²) in [5, 5.41) is 0.913. The molecule has 3 aromatic carbocycles. The van der Waals surface area contributed by atoms with Crippen LogP contribution in [0.4, 0.5) is 5.69 Å². The molecule has 130 valence electrons. The highest BCUT2D eigenvalue weighted by atomic mass is 32.2. The van der Waals surface area contributed by atoms with E-state index in [0.717, 1.165) is 32.5 Å². The molecule has 0 N–H and O–H groups in total. The van der Waals surface area contributed by atoms with E-state index in [-0.39, 0.29) is 0 Å². The molecule has 3 heteroatoms. The molecule has 26 heavy (non-hydrogen) atoms. The number of ether oxygens (including phenoxy) is 1. The van der Waals surface area contributed by atoms with Gasteiger partial charge in [0.1, 0.15) is 10.8 Å². The van der Waals surface area contributed by atoms with Gasteiger partial charge in [0.2, 0.25) is 0 Å². The van der Waals surface area contributed by atoms with Crippen LogP contribution >= 0.6 is 11.8 Å². The molecule has 2 nitrogen and oxygen atoms in total. The summed E-state index contributed by atoms with van der Waals surface area (Å²) in [4.78, 5) is 5.96. The molecule has 0 bridgehead atoms. The van der Waals surface area contributed by atoms with Crippen molar-refractivity contribution in [1.82, 2.24) is 0 Å². The number of para-hydroxylation sites is 2. The Morgan fingerprint density at radius 1 is 0.846 bits per heavy atom. The largest absolute Gasteiger partial charge is 0.464 e. The third-order valence-corrected chi connectivity index (χ3v) is 4.85. The summed E-state index contributed by atoms with van der Waals surface area (Å²) in [7, 11) is 0. The molecule has 0 saturated heterocycles. The maximum atomic E-state index is 5.90. The Morgan fingerprint density at radius 3 is 2.15 bits per heavy atom. The van der Waals surface area contributed by atoms with Crippen molar-refractivity contribution in [2.45, 2.75) is 18.7 Å². The topological polar surface area (TPSA) is 21.6 Å². The van der Waals surface area contributed by atoms with Gasteiger partial charge in [0.25, 0.3) is 0 Å². The fourth-order valence-electron chi connectivity index (χ4n) is 2.30. The van der Waals surface area contributed by atoms with Gasteiger partial charge in [0, 0.05) is 10.5 Å². The summed E-state index contributed by atoms with van der Waals surface area (Å²) in [6, 6.07) is 28.2.